The predicted octanol–water partition coefficient (Wildman–Crippen LogP) is 3.63. The molecule has 3 N–H and O–H groups in total. The number of nitrogens with two attached hydrogens (primary N) is 1. The van der Waals surface area contributed by atoms with Crippen LogP contribution in [0.15, 0.2) is 0 Å². The Labute approximate surface area is 130 Å². The molecule has 3 nitrogen and oxygen atoms in total. The van der Waals surface area contributed by atoms with E-state index in [9.17, 15) is 0 Å². The fourth-order valence-corrected chi connectivity index (χ4v) is 6.97. The quantitative estimate of drug-likeness (QED) is 0.428. The van der Waals surface area contributed by atoms with Gasteiger partial charge in [0, 0.05) is 12.6 Å². The van der Waals surface area contributed by atoms with Gasteiger partial charge in [0.15, 0.2) is 0 Å². The summed E-state index contributed by atoms with van der Waals surface area (Å²) < 4.78 is 5.76. The van der Waals surface area contributed by atoms with Crippen LogP contribution in [0.5, 0.6) is 0 Å². The minimum atomic E-state index is 0.319. The summed E-state index contributed by atoms with van der Waals surface area (Å²) in [5, 5.41) is 0. The van der Waals surface area contributed by atoms with Crippen molar-refractivity contribution in [2.45, 2.75) is 78.2 Å². The van der Waals surface area contributed by atoms with Crippen LogP contribution in [0.1, 0.15) is 72.1 Å². The first-order valence-electron chi connectivity index (χ1n) is 8.94. The minimum Gasteiger partial charge on any atom is -0.380 e. The van der Waals surface area contributed by atoms with Gasteiger partial charge in [-0.1, -0.05) is 20.8 Å². The molecule has 122 valence electrons. The van der Waals surface area contributed by atoms with E-state index in [1.54, 1.807) is 0 Å². The zero-order valence-corrected chi connectivity index (χ0v) is 14.2. The fraction of sp³-hybridized carbons (Fsp3) is 1.00. The molecule has 21 heavy (non-hydrogen) atoms. The van der Waals surface area contributed by atoms with Gasteiger partial charge in [-0.2, -0.15) is 0 Å². The van der Waals surface area contributed by atoms with Crippen LogP contribution in [0.4, 0.5) is 0 Å². The second-order valence-corrected chi connectivity index (χ2v) is 9.27. The Morgan fingerprint density at radius 1 is 1.14 bits per heavy atom. The van der Waals surface area contributed by atoms with Crippen molar-refractivity contribution in [3.05, 3.63) is 0 Å². The Morgan fingerprint density at radius 3 is 2.33 bits per heavy atom. The number of hydrogen-bond donors (Lipinski definition) is 2. The van der Waals surface area contributed by atoms with E-state index in [4.69, 9.17) is 10.6 Å². The topological polar surface area (TPSA) is 47.3 Å². The molecule has 3 unspecified atom stereocenters. The van der Waals surface area contributed by atoms with Crippen LogP contribution in [-0.4, -0.2) is 19.3 Å². The van der Waals surface area contributed by atoms with Gasteiger partial charge in [-0.3, -0.25) is 11.3 Å². The van der Waals surface area contributed by atoms with E-state index in [1.165, 1.54) is 44.9 Å². The molecule has 4 rings (SSSR count). The van der Waals surface area contributed by atoms with Gasteiger partial charge in [-0.05, 0) is 73.5 Å². The number of rotatable bonds is 7. The molecule has 0 saturated heterocycles. The molecule has 4 aliphatic rings. The summed E-state index contributed by atoms with van der Waals surface area (Å²) in [4.78, 5) is 0. The summed E-state index contributed by atoms with van der Waals surface area (Å²) in [5.41, 5.74) is 4.75. The Balaban J connectivity index is 1.69. The standard InChI is InChI=1S/C18H34N2O/c1-4-5-21-10-15(20-19)9-18-8-14-6-16(2,12-18)11-17(3,7-14)13-18/h14-15,20H,4-13,19H2,1-3H3. The van der Waals surface area contributed by atoms with Crippen molar-refractivity contribution in [1.29, 1.82) is 0 Å². The summed E-state index contributed by atoms with van der Waals surface area (Å²) in [7, 11) is 0. The number of hydrazine groups is 1. The highest BCUT2D eigenvalue weighted by Gasteiger charge is 2.60. The summed E-state index contributed by atoms with van der Waals surface area (Å²) in [6.45, 7) is 8.87. The molecule has 3 heteroatoms. The third-order valence-electron chi connectivity index (χ3n) is 6.32. The van der Waals surface area contributed by atoms with Crippen molar-refractivity contribution >= 4 is 0 Å². The molecule has 0 aromatic heterocycles. The second-order valence-electron chi connectivity index (χ2n) is 9.27. The highest BCUT2D eigenvalue weighted by molar-refractivity contribution is 5.10. The number of ether oxygens (including phenoxy) is 1. The lowest BCUT2D eigenvalue weighted by molar-refractivity contribution is -0.151. The molecule has 0 heterocycles. The monoisotopic (exact) mass is 294 g/mol. The molecular weight excluding hydrogens is 260 g/mol. The zero-order valence-electron chi connectivity index (χ0n) is 14.2. The molecule has 0 aliphatic heterocycles. The Hall–Kier alpha value is -0.120. The molecule has 3 atom stereocenters. The summed E-state index contributed by atoms with van der Waals surface area (Å²) >= 11 is 0. The van der Waals surface area contributed by atoms with Gasteiger partial charge in [0.1, 0.15) is 0 Å². The van der Waals surface area contributed by atoms with Crippen molar-refractivity contribution in [2.24, 2.45) is 28.0 Å². The van der Waals surface area contributed by atoms with Gasteiger partial charge in [-0.25, -0.2) is 0 Å². The maximum Gasteiger partial charge on any atom is 0.0633 e. The highest BCUT2D eigenvalue weighted by atomic mass is 16.5. The third kappa shape index (κ3) is 3.16. The molecule has 4 bridgehead atoms. The summed E-state index contributed by atoms with van der Waals surface area (Å²) in [6, 6.07) is 0.319. The van der Waals surface area contributed by atoms with Crippen LogP contribution in [0.3, 0.4) is 0 Å². The minimum absolute atomic E-state index is 0.319. The van der Waals surface area contributed by atoms with Gasteiger partial charge in [0.2, 0.25) is 0 Å². The maximum atomic E-state index is 5.82. The largest absolute Gasteiger partial charge is 0.380 e. The van der Waals surface area contributed by atoms with Crippen LogP contribution in [0, 0.1) is 22.2 Å². The predicted molar refractivity (Wildman–Crippen MR) is 86.7 cm³/mol. The lowest BCUT2D eigenvalue weighted by atomic mass is 9.39. The Bertz CT molecular complexity index is 365. The van der Waals surface area contributed by atoms with Gasteiger partial charge in [0.25, 0.3) is 0 Å². The first kappa shape index (κ1) is 15.8. The Morgan fingerprint density at radius 2 is 1.81 bits per heavy atom. The molecular formula is C18H34N2O. The molecule has 0 spiro atoms. The number of hydrogen-bond acceptors (Lipinski definition) is 3. The molecule has 0 aromatic carbocycles. The number of nitrogens with one attached hydrogen (secondary N) is 1. The van der Waals surface area contributed by atoms with E-state index in [2.05, 4.69) is 26.2 Å². The highest BCUT2D eigenvalue weighted by Crippen LogP contribution is 2.70. The van der Waals surface area contributed by atoms with Crippen LogP contribution < -0.4 is 11.3 Å². The molecule has 0 aromatic rings. The third-order valence-corrected chi connectivity index (χ3v) is 6.32. The lowest BCUT2D eigenvalue weighted by Gasteiger charge is -2.66. The van der Waals surface area contributed by atoms with Gasteiger partial charge >= 0.3 is 0 Å². The Kier molecular flexibility index (Phi) is 4.13. The first-order valence-corrected chi connectivity index (χ1v) is 8.94. The maximum absolute atomic E-state index is 5.82. The lowest BCUT2D eigenvalue weighted by Crippen LogP contribution is -2.57. The van der Waals surface area contributed by atoms with Crippen molar-refractivity contribution in [2.75, 3.05) is 13.2 Å². The molecule has 4 saturated carbocycles. The van der Waals surface area contributed by atoms with Gasteiger partial charge in [0.05, 0.1) is 6.61 Å². The van der Waals surface area contributed by atoms with E-state index in [0.717, 1.165) is 25.6 Å². The van der Waals surface area contributed by atoms with E-state index in [1.807, 2.05) is 0 Å². The van der Waals surface area contributed by atoms with E-state index >= 15 is 0 Å². The van der Waals surface area contributed by atoms with Crippen LogP contribution in [0.25, 0.3) is 0 Å². The van der Waals surface area contributed by atoms with Gasteiger partial charge in [-0.15, -0.1) is 0 Å². The molecule has 0 amide bonds. The fourth-order valence-electron chi connectivity index (χ4n) is 6.97. The van der Waals surface area contributed by atoms with Crippen LogP contribution in [0.2, 0.25) is 0 Å². The smallest absolute Gasteiger partial charge is 0.0633 e. The van der Waals surface area contributed by atoms with E-state index in [0.29, 0.717) is 22.3 Å². The molecule has 0 radical (unpaired) electrons. The van der Waals surface area contributed by atoms with Gasteiger partial charge < -0.3 is 4.74 Å². The SMILES string of the molecule is CCCOCC(CC12CC3CC(C)(CC(C)(C3)C1)C2)NN. The van der Waals surface area contributed by atoms with Crippen LogP contribution in [-0.2, 0) is 4.74 Å². The first-order chi connectivity index (χ1) is 9.90. The average Bonchev–Trinajstić information content (AvgIpc) is 2.33. The second kappa shape index (κ2) is 5.50. The van der Waals surface area contributed by atoms with Crippen molar-refractivity contribution in [3.8, 4) is 0 Å². The van der Waals surface area contributed by atoms with Crippen molar-refractivity contribution < 1.29 is 4.74 Å². The summed E-state index contributed by atoms with van der Waals surface area (Å²) in [6.07, 6.45) is 10.9. The van der Waals surface area contributed by atoms with E-state index < -0.39 is 0 Å². The summed E-state index contributed by atoms with van der Waals surface area (Å²) in [5.74, 6) is 6.78. The normalized spacial score (nSPS) is 46.0. The van der Waals surface area contributed by atoms with E-state index in [-0.39, 0.29) is 0 Å². The van der Waals surface area contributed by atoms with Crippen LogP contribution >= 0.6 is 0 Å². The van der Waals surface area contributed by atoms with Crippen molar-refractivity contribution in [1.82, 2.24) is 5.43 Å². The molecule has 4 fully saturated rings. The zero-order chi connectivity index (χ0) is 15.1. The molecule has 4 aliphatic carbocycles. The van der Waals surface area contributed by atoms with Crippen molar-refractivity contribution in [3.63, 3.8) is 0 Å². The average molecular weight is 294 g/mol.